The van der Waals surface area contributed by atoms with Crippen LogP contribution in [0.3, 0.4) is 0 Å². The molecule has 0 heterocycles. The number of hydrogen-bond donors (Lipinski definition) is 1. The molecule has 2 atom stereocenters. The Morgan fingerprint density at radius 3 is 2.71 bits per heavy atom. The van der Waals surface area contributed by atoms with Gasteiger partial charge in [0.05, 0.1) is 13.2 Å². The molecule has 0 amide bonds. The van der Waals surface area contributed by atoms with Gasteiger partial charge < -0.3 is 9.84 Å². The predicted molar refractivity (Wildman–Crippen MR) is 87.6 cm³/mol. The lowest BCUT2D eigenvalue weighted by Gasteiger charge is -2.29. The van der Waals surface area contributed by atoms with E-state index >= 15 is 0 Å². The Kier molecular flexibility index (Phi) is 4.32. The maximum Gasteiger partial charge on any atom is 0.124 e. The van der Waals surface area contributed by atoms with Gasteiger partial charge in [-0.05, 0) is 54.5 Å². The Balaban J connectivity index is 1.87. The Hall–Kier alpha value is -1.32. The van der Waals surface area contributed by atoms with Crippen molar-refractivity contribution in [3.05, 3.63) is 63.6 Å². The molecule has 0 bridgehead atoms. The summed E-state index contributed by atoms with van der Waals surface area (Å²) in [6.45, 7) is 0. The maximum atomic E-state index is 10.8. The van der Waals surface area contributed by atoms with Crippen molar-refractivity contribution >= 4 is 15.9 Å². The molecule has 0 fully saturated rings. The van der Waals surface area contributed by atoms with Gasteiger partial charge in [-0.25, -0.2) is 0 Å². The maximum absolute atomic E-state index is 10.8. The number of halogens is 1. The van der Waals surface area contributed by atoms with Crippen LogP contribution < -0.4 is 4.74 Å². The number of aliphatic hydroxyl groups is 1. The summed E-state index contributed by atoms with van der Waals surface area (Å²) in [7, 11) is 1.65. The van der Waals surface area contributed by atoms with Gasteiger partial charge in [-0.1, -0.05) is 40.2 Å². The second-order valence-electron chi connectivity index (χ2n) is 5.60. The average molecular weight is 347 g/mol. The van der Waals surface area contributed by atoms with Crippen LogP contribution in [0.15, 0.2) is 46.9 Å². The first-order valence-electron chi connectivity index (χ1n) is 7.27. The summed E-state index contributed by atoms with van der Waals surface area (Å²) >= 11 is 3.48. The molecule has 0 radical (unpaired) electrons. The number of aliphatic hydroxyl groups excluding tert-OH is 1. The van der Waals surface area contributed by atoms with Crippen LogP contribution in [0.25, 0.3) is 0 Å². The number of fused-ring (bicyclic) bond motifs is 1. The summed E-state index contributed by atoms with van der Waals surface area (Å²) in [6.07, 6.45) is 2.47. The highest BCUT2D eigenvalue weighted by Gasteiger charge is 2.27. The third-order valence-electron chi connectivity index (χ3n) is 4.34. The second kappa shape index (κ2) is 6.20. The van der Waals surface area contributed by atoms with Crippen LogP contribution in [0.4, 0.5) is 0 Å². The molecule has 1 aliphatic carbocycles. The number of benzene rings is 2. The summed E-state index contributed by atoms with van der Waals surface area (Å²) < 4.78 is 6.37. The van der Waals surface area contributed by atoms with Gasteiger partial charge in [0, 0.05) is 10.0 Å². The minimum absolute atomic E-state index is 0.239. The van der Waals surface area contributed by atoms with Crippen LogP contribution in [-0.2, 0) is 12.8 Å². The molecule has 3 rings (SSSR count). The number of hydrogen-bond acceptors (Lipinski definition) is 2. The van der Waals surface area contributed by atoms with E-state index in [2.05, 4.69) is 40.2 Å². The number of ether oxygens (including phenoxy) is 1. The molecule has 0 saturated heterocycles. The Morgan fingerprint density at radius 2 is 1.95 bits per heavy atom. The van der Waals surface area contributed by atoms with Crippen LogP contribution in [0.5, 0.6) is 5.75 Å². The van der Waals surface area contributed by atoms with Gasteiger partial charge >= 0.3 is 0 Å². The number of aryl methyl sites for hydroxylation is 1. The molecule has 0 aromatic heterocycles. The first-order valence-corrected chi connectivity index (χ1v) is 8.06. The minimum atomic E-state index is -0.495. The summed E-state index contributed by atoms with van der Waals surface area (Å²) in [5.41, 5.74) is 3.65. The molecule has 3 heteroatoms. The topological polar surface area (TPSA) is 29.5 Å². The van der Waals surface area contributed by atoms with E-state index < -0.39 is 6.10 Å². The third kappa shape index (κ3) is 2.99. The molecule has 0 saturated carbocycles. The summed E-state index contributed by atoms with van der Waals surface area (Å²) in [6, 6.07) is 14.3. The highest BCUT2D eigenvalue weighted by molar-refractivity contribution is 9.10. The highest BCUT2D eigenvalue weighted by Crippen LogP contribution is 2.38. The third-order valence-corrected chi connectivity index (χ3v) is 4.84. The molecule has 21 heavy (non-hydrogen) atoms. The zero-order chi connectivity index (χ0) is 14.8. The van der Waals surface area contributed by atoms with Crippen molar-refractivity contribution in [3.63, 3.8) is 0 Å². The fraction of sp³-hybridized carbons (Fsp3) is 0.333. The van der Waals surface area contributed by atoms with Crippen LogP contribution >= 0.6 is 15.9 Å². The number of methoxy groups -OCH3 is 1. The van der Waals surface area contributed by atoms with E-state index in [1.54, 1.807) is 7.11 Å². The quantitative estimate of drug-likeness (QED) is 0.897. The van der Waals surface area contributed by atoms with Gasteiger partial charge in [0.1, 0.15) is 5.75 Å². The zero-order valence-electron chi connectivity index (χ0n) is 12.1. The second-order valence-corrected chi connectivity index (χ2v) is 6.52. The van der Waals surface area contributed by atoms with E-state index in [-0.39, 0.29) is 5.92 Å². The van der Waals surface area contributed by atoms with E-state index in [1.807, 2.05) is 18.2 Å². The lowest BCUT2D eigenvalue weighted by molar-refractivity contribution is 0.0967. The predicted octanol–water partition coefficient (Wildman–Crippen LogP) is 4.30. The smallest absolute Gasteiger partial charge is 0.124 e. The van der Waals surface area contributed by atoms with E-state index in [4.69, 9.17) is 4.74 Å². The van der Waals surface area contributed by atoms with E-state index in [1.165, 1.54) is 11.1 Å². The summed E-state index contributed by atoms with van der Waals surface area (Å²) in [5, 5.41) is 10.8. The molecule has 1 aliphatic rings. The van der Waals surface area contributed by atoms with E-state index in [0.29, 0.717) is 0 Å². The van der Waals surface area contributed by atoms with E-state index in [0.717, 1.165) is 35.0 Å². The van der Waals surface area contributed by atoms with Gasteiger partial charge in [-0.2, -0.15) is 0 Å². The average Bonchev–Trinajstić information content (AvgIpc) is 2.53. The minimum Gasteiger partial charge on any atom is -0.496 e. The van der Waals surface area contributed by atoms with Crippen molar-refractivity contribution in [2.45, 2.75) is 25.4 Å². The molecule has 1 N–H and O–H groups in total. The summed E-state index contributed by atoms with van der Waals surface area (Å²) in [5.74, 6) is 0.993. The van der Waals surface area contributed by atoms with E-state index in [9.17, 15) is 5.11 Å². The molecular formula is C18H19BrO2. The molecule has 110 valence electrons. The van der Waals surface area contributed by atoms with Crippen molar-refractivity contribution < 1.29 is 9.84 Å². The van der Waals surface area contributed by atoms with Crippen molar-refractivity contribution in [2.24, 2.45) is 5.92 Å². The Labute approximate surface area is 133 Å². The molecule has 0 spiro atoms. The fourth-order valence-electron chi connectivity index (χ4n) is 3.19. The zero-order valence-corrected chi connectivity index (χ0v) is 13.6. The largest absolute Gasteiger partial charge is 0.496 e. The van der Waals surface area contributed by atoms with Crippen molar-refractivity contribution in [1.82, 2.24) is 0 Å². The lowest BCUT2D eigenvalue weighted by atomic mass is 9.79. The van der Waals surface area contributed by atoms with Crippen molar-refractivity contribution in [3.8, 4) is 5.75 Å². The van der Waals surface area contributed by atoms with Gasteiger partial charge in [-0.3, -0.25) is 0 Å². The SMILES string of the molecule is COc1ccc(Br)cc1C(O)C1CCc2ccccc2C1. The molecule has 2 aromatic rings. The van der Waals surface area contributed by atoms with Crippen LogP contribution in [0, 0.1) is 5.92 Å². The van der Waals surface area contributed by atoms with Crippen LogP contribution in [0.2, 0.25) is 0 Å². The fourth-order valence-corrected chi connectivity index (χ4v) is 3.56. The molecule has 0 aliphatic heterocycles. The molecule has 2 aromatic carbocycles. The van der Waals surface area contributed by atoms with Crippen molar-refractivity contribution in [1.29, 1.82) is 0 Å². The molecule has 2 unspecified atom stereocenters. The van der Waals surface area contributed by atoms with Crippen LogP contribution in [-0.4, -0.2) is 12.2 Å². The number of rotatable bonds is 3. The molecule has 2 nitrogen and oxygen atoms in total. The standard InChI is InChI=1S/C18H19BrO2/c1-21-17-9-8-15(19)11-16(17)18(20)14-7-6-12-4-2-3-5-13(12)10-14/h2-5,8-9,11,14,18,20H,6-7,10H2,1H3. The normalized spacial score (nSPS) is 18.9. The first-order chi connectivity index (χ1) is 10.2. The highest BCUT2D eigenvalue weighted by atomic mass is 79.9. The Morgan fingerprint density at radius 1 is 1.19 bits per heavy atom. The molecular weight excluding hydrogens is 328 g/mol. The summed E-state index contributed by atoms with van der Waals surface area (Å²) in [4.78, 5) is 0. The van der Waals surface area contributed by atoms with Crippen molar-refractivity contribution in [2.75, 3.05) is 7.11 Å². The van der Waals surface area contributed by atoms with Gasteiger partial charge in [0.15, 0.2) is 0 Å². The van der Waals surface area contributed by atoms with Crippen LogP contribution in [0.1, 0.15) is 29.2 Å². The van der Waals surface area contributed by atoms with Gasteiger partial charge in [0.25, 0.3) is 0 Å². The monoisotopic (exact) mass is 346 g/mol. The lowest BCUT2D eigenvalue weighted by Crippen LogP contribution is -2.21. The van der Waals surface area contributed by atoms with Gasteiger partial charge in [0.2, 0.25) is 0 Å². The van der Waals surface area contributed by atoms with Gasteiger partial charge in [-0.15, -0.1) is 0 Å². The Bertz CT molecular complexity index is 639. The first kappa shape index (κ1) is 14.6.